The number of thiazole rings is 1. The molecule has 78 valence electrons. The molecular weight excluding hydrogens is 220 g/mol. The van der Waals surface area contributed by atoms with E-state index in [2.05, 4.69) is 15.0 Å². The van der Waals surface area contributed by atoms with Gasteiger partial charge in [-0.25, -0.2) is 9.97 Å². The van der Waals surface area contributed by atoms with E-state index < -0.39 is 0 Å². The highest BCUT2D eigenvalue weighted by molar-refractivity contribution is 7.21. The Morgan fingerprint density at radius 2 is 1.88 bits per heavy atom. The van der Waals surface area contributed by atoms with E-state index in [4.69, 9.17) is 5.73 Å². The summed E-state index contributed by atoms with van der Waals surface area (Å²) in [6.45, 7) is 0. The van der Waals surface area contributed by atoms with Crippen molar-refractivity contribution in [1.82, 2.24) is 15.0 Å². The van der Waals surface area contributed by atoms with Gasteiger partial charge >= 0.3 is 0 Å². The predicted molar refractivity (Wildman–Crippen MR) is 65.1 cm³/mol. The molecule has 3 aromatic rings. The first-order valence-electron chi connectivity index (χ1n) is 4.77. The van der Waals surface area contributed by atoms with Gasteiger partial charge in [0.05, 0.1) is 5.69 Å². The van der Waals surface area contributed by atoms with Crippen LogP contribution in [-0.4, -0.2) is 15.0 Å². The van der Waals surface area contributed by atoms with Crippen LogP contribution >= 0.6 is 11.3 Å². The number of pyridine rings is 2. The molecule has 0 bridgehead atoms. The van der Waals surface area contributed by atoms with Crippen LogP contribution < -0.4 is 5.73 Å². The SMILES string of the molecule is Nc1cccnc1-c1nc2cccnc2s1. The van der Waals surface area contributed by atoms with Crippen LogP contribution in [0.3, 0.4) is 0 Å². The number of rotatable bonds is 1. The van der Waals surface area contributed by atoms with Crippen molar-refractivity contribution < 1.29 is 0 Å². The summed E-state index contributed by atoms with van der Waals surface area (Å²) >= 11 is 1.50. The molecule has 3 aromatic heterocycles. The minimum atomic E-state index is 0.640. The minimum Gasteiger partial charge on any atom is -0.397 e. The highest BCUT2D eigenvalue weighted by Gasteiger charge is 2.09. The molecule has 0 radical (unpaired) electrons. The fraction of sp³-hybridized carbons (Fsp3) is 0. The van der Waals surface area contributed by atoms with Gasteiger partial charge in [0.2, 0.25) is 0 Å². The molecule has 0 aliphatic heterocycles. The van der Waals surface area contributed by atoms with Crippen LogP contribution in [0.2, 0.25) is 0 Å². The first kappa shape index (κ1) is 9.23. The van der Waals surface area contributed by atoms with E-state index in [1.807, 2.05) is 24.3 Å². The Morgan fingerprint density at radius 1 is 1.06 bits per heavy atom. The van der Waals surface area contributed by atoms with E-state index in [0.717, 1.165) is 21.0 Å². The topological polar surface area (TPSA) is 64.7 Å². The third kappa shape index (κ3) is 1.42. The van der Waals surface area contributed by atoms with Gasteiger partial charge in [-0.1, -0.05) is 11.3 Å². The number of hydrogen-bond acceptors (Lipinski definition) is 5. The molecule has 0 saturated heterocycles. The van der Waals surface area contributed by atoms with Crippen molar-refractivity contribution in [3.8, 4) is 10.7 Å². The maximum absolute atomic E-state index is 5.86. The molecule has 0 amide bonds. The predicted octanol–water partition coefficient (Wildman–Crippen LogP) is 2.34. The Morgan fingerprint density at radius 3 is 2.69 bits per heavy atom. The Labute approximate surface area is 95.8 Å². The molecule has 16 heavy (non-hydrogen) atoms. The van der Waals surface area contributed by atoms with Crippen molar-refractivity contribution in [2.24, 2.45) is 0 Å². The van der Waals surface area contributed by atoms with Crippen LogP contribution in [0.25, 0.3) is 21.0 Å². The van der Waals surface area contributed by atoms with E-state index >= 15 is 0 Å². The number of aromatic nitrogens is 3. The number of nitrogens with two attached hydrogens (primary N) is 1. The zero-order valence-electron chi connectivity index (χ0n) is 8.29. The maximum atomic E-state index is 5.86. The first-order valence-corrected chi connectivity index (χ1v) is 5.58. The molecule has 0 unspecified atom stereocenters. The first-order chi connectivity index (χ1) is 7.84. The summed E-state index contributed by atoms with van der Waals surface area (Å²) in [7, 11) is 0. The van der Waals surface area contributed by atoms with Gasteiger partial charge in [0.1, 0.15) is 21.0 Å². The van der Waals surface area contributed by atoms with Gasteiger partial charge in [0, 0.05) is 12.4 Å². The number of hydrogen-bond donors (Lipinski definition) is 1. The number of anilines is 1. The van der Waals surface area contributed by atoms with E-state index in [9.17, 15) is 0 Å². The van der Waals surface area contributed by atoms with Gasteiger partial charge in [-0.05, 0) is 24.3 Å². The molecule has 5 heteroatoms. The average Bonchev–Trinajstić information content (AvgIpc) is 2.73. The van der Waals surface area contributed by atoms with Crippen molar-refractivity contribution in [1.29, 1.82) is 0 Å². The zero-order chi connectivity index (χ0) is 11.0. The minimum absolute atomic E-state index is 0.640. The molecule has 3 rings (SSSR count). The summed E-state index contributed by atoms with van der Waals surface area (Å²) in [5, 5.41) is 0.812. The van der Waals surface area contributed by atoms with E-state index in [-0.39, 0.29) is 0 Å². The quantitative estimate of drug-likeness (QED) is 0.694. The Kier molecular flexibility index (Phi) is 2.04. The lowest BCUT2D eigenvalue weighted by atomic mass is 10.3. The van der Waals surface area contributed by atoms with Crippen molar-refractivity contribution >= 4 is 27.4 Å². The third-order valence-corrected chi connectivity index (χ3v) is 3.19. The molecule has 0 spiro atoms. The summed E-state index contributed by atoms with van der Waals surface area (Å²) in [5.74, 6) is 0. The van der Waals surface area contributed by atoms with Gasteiger partial charge in [0.25, 0.3) is 0 Å². The lowest BCUT2D eigenvalue weighted by Crippen LogP contribution is -1.91. The second-order valence-corrected chi connectivity index (χ2v) is 4.27. The van der Waals surface area contributed by atoms with Crippen molar-refractivity contribution in [3.05, 3.63) is 36.7 Å². The smallest absolute Gasteiger partial charge is 0.146 e. The van der Waals surface area contributed by atoms with Crippen LogP contribution in [0.15, 0.2) is 36.7 Å². The molecule has 0 aliphatic carbocycles. The van der Waals surface area contributed by atoms with Crippen molar-refractivity contribution in [2.75, 3.05) is 5.73 Å². The average molecular weight is 228 g/mol. The number of fused-ring (bicyclic) bond motifs is 1. The van der Waals surface area contributed by atoms with E-state index in [1.54, 1.807) is 12.4 Å². The summed E-state index contributed by atoms with van der Waals surface area (Å²) in [5.41, 5.74) is 8.11. The van der Waals surface area contributed by atoms with Gasteiger partial charge in [-0.15, -0.1) is 0 Å². The fourth-order valence-corrected chi connectivity index (χ4v) is 2.39. The van der Waals surface area contributed by atoms with E-state index in [1.165, 1.54) is 11.3 Å². The van der Waals surface area contributed by atoms with Gasteiger partial charge in [-0.3, -0.25) is 4.98 Å². The molecule has 0 saturated carbocycles. The molecule has 4 nitrogen and oxygen atoms in total. The standard InChI is InChI=1S/C11H8N4S/c12-7-3-1-5-13-9(7)11-15-8-4-2-6-14-10(8)16-11/h1-6H,12H2. The highest BCUT2D eigenvalue weighted by Crippen LogP contribution is 2.30. The lowest BCUT2D eigenvalue weighted by molar-refractivity contribution is 1.31. The van der Waals surface area contributed by atoms with Crippen molar-refractivity contribution in [3.63, 3.8) is 0 Å². The van der Waals surface area contributed by atoms with Crippen LogP contribution in [0.5, 0.6) is 0 Å². The van der Waals surface area contributed by atoms with Gasteiger partial charge in [0.15, 0.2) is 0 Å². The number of nitrogen functional groups attached to an aromatic ring is 1. The monoisotopic (exact) mass is 228 g/mol. The molecular formula is C11H8N4S. The molecule has 3 heterocycles. The summed E-state index contributed by atoms with van der Waals surface area (Å²) in [4.78, 5) is 13.8. The third-order valence-electron chi connectivity index (χ3n) is 2.21. The molecule has 0 atom stereocenters. The van der Waals surface area contributed by atoms with Gasteiger partial charge < -0.3 is 5.73 Å². The van der Waals surface area contributed by atoms with E-state index in [0.29, 0.717) is 5.69 Å². The summed E-state index contributed by atoms with van der Waals surface area (Å²) < 4.78 is 0. The van der Waals surface area contributed by atoms with Crippen LogP contribution in [-0.2, 0) is 0 Å². The molecule has 2 N–H and O–H groups in total. The molecule has 0 fully saturated rings. The summed E-state index contributed by atoms with van der Waals surface area (Å²) in [6, 6.07) is 7.43. The largest absolute Gasteiger partial charge is 0.397 e. The maximum Gasteiger partial charge on any atom is 0.146 e. The van der Waals surface area contributed by atoms with Crippen LogP contribution in [0, 0.1) is 0 Å². The van der Waals surface area contributed by atoms with Crippen LogP contribution in [0.4, 0.5) is 5.69 Å². The Hall–Kier alpha value is -2.01. The fourth-order valence-electron chi connectivity index (χ4n) is 1.47. The summed E-state index contributed by atoms with van der Waals surface area (Å²) in [6.07, 6.45) is 3.47. The molecule has 0 aliphatic rings. The second kappa shape index (κ2) is 3.53. The zero-order valence-corrected chi connectivity index (χ0v) is 9.11. The molecule has 0 aromatic carbocycles. The number of nitrogens with zero attached hydrogens (tertiary/aromatic N) is 3. The Bertz CT molecular complexity index is 614. The highest BCUT2D eigenvalue weighted by atomic mass is 32.1. The van der Waals surface area contributed by atoms with Crippen molar-refractivity contribution in [2.45, 2.75) is 0 Å². The van der Waals surface area contributed by atoms with Crippen LogP contribution in [0.1, 0.15) is 0 Å². The Balaban J connectivity index is 2.23. The second-order valence-electron chi connectivity index (χ2n) is 3.29. The normalized spacial score (nSPS) is 10.8. The van der Waals surface area contributed by atoms with Gasteiger partial charge in [-0.2, -0.15) is 0 Å². The lowest BCUT2D eigenvalue weighted by Gasteiger charge is -1.98.